The maximum absolute atomic E-state index is 10.1. The summed E-state index contributed by atoms with van der Waals surface area (Å²) in [5.41, 5.74) is 7.10. The number of nitrogen functional groups attached to an aromatic ring is 1. The Balaban J connectivity index is 1.63. The predicted molar refractivity (Wildman–Crippen MR) is 96.8 cm³/mol. The molecule has 128 valence electrons. The Hall–Kier alpha value is -2.14. The van der Waals surface area contributed by atoms with E-state index in [0.717, 1.165) is 51.0 Å². The summed E-state index contributed by atoms with van der Waals surface area (Å²) in [6.45, 7) is 2.00. The fraction of sp³-hybridized carbons (Fsp3) is 0.474. The summed E-state index contributed by atoms with van der Waals surface area (Å²) >= 11 is 0. The molecule has 0 saturated carbocycles. The van der Waals surface area contributed by atoms with E-state index in [1.807, 2.05) is 12.1 Å². The monoisotopic (exact) mass is 326 g/mol. The highest BCUT2D eigenvalue weighted by molar-refractivity contribution is 5.46. The number of aromatic nitrogens is 2. The highest BCUT2D eigenvalue weighted by atomic mass is 16.3. The highest BCUT2D eigenvalue weighted by Crippen LogP contribution is 2.36. The largest absolute Gasteiger partial charge is 0.396 e. The lowest BCUT2D eigenvalue weighted by molar-refractivity contribution is 0.0939. The average molecular weight is 326 g/mol. The molecule has 5 nitrogen and oxygen atoms in total. The first kappa shape index (κ1) is 16.7. The first-order chi connectivity index (χ1) is 11.7. The van der Waals surface area contributed by atoms with E-state index in [1.54, 1.807) is 0 Å². The van der Waals surface area contributed by atoms with Crippen molar-refractivity contribution in [2.24, 2.45) is 5.41 Å². The van der Waals surface area contributed by atoms with Crippen LogP contribution in [0.4, 0.5) is 11.6 Å². The van der Waals surface area contributed by atoms with E-state index in [4.69, 9.17) is 5.73 Å². The van der Waals surface area contributed by atoms with Gasteiger partial charge in [0.05, 0.1) is 6.61 Å². The zero-order valence-corrected chi connectivity index (χ0v) is 14.1. The zero-order valence-electron chi connectivity index (χ0n) is 14.1. The molecule has 1 fully saturated rings. The second kappa shape index (κ2) is 7.62. The van der Waals surface area contributed by atoms with Crippen molar-refractivity contribution in [1.29, 1.82) is 0 Å². The number of hydrogen-bond donors (Lipinski definition) is 2. The number of rotatable bonds is 6. The van der Waals surface area contributed by atoms with Gasteiger partial charge in [0.2, 0.25) is 0 Å². The lowest BCUT2D eigenvalue weighted by Gasteiger charge is -2.42. The van der Waals surface area contributed by atoms with Gasteiger partial charge in [0.1, 0.15) is 18.0 Å². The van der Waals surface area contributed by atoms with E-state index < -0.39 is 0 Å². The van der Waals surface area contributed by atoms with Crippen LogP contribution in [0.25, 0.3) is 0 Å². The van der Waals surface area contributed by atoms with Gasteiger partial charge in [-0.15, -0.1) is 0 Å². The molecule has 3 rings (SSSR count). The smallest absolute Gasteiger partial charge is 0.134 e. The van der Waals surface area contributed by atoms with Gasteiger partial charge in [-0.05, 0) is 37.7 Å². The topological polar surface area (TPSA) is 75.3 Å². The molecule has 0 amide bonds. The molecule has 2 heterocycles. The van der Waals surface area contributed by atoms with Crippen LogP contribution in [-0.4, -0.2) is 34.8 Å². The van der Waals surface area contributed by atoms with Crippen LogP contribution in [0.1, 0.15) is 31.2 Å². The number of aliphatic hydroxyl groups excluding tert-OH is 1. The molecule has 0 spiro atoms. The molecule has 3 N–H and O–H groups in total. The zero-order chi connectivity index (χ0) is 16.8. The SMILES string of the molecule is Nc1cc(N2CCC[C@](CO)(CCCc3ccccc3)C2)ncn1. The van der Waals surface area contributed by atoms with Crippen LogP contribution in [0.2, 0.25) is 0 Å². The number of aryl methyl sites for hydroxylation is 1. The maximum Gasteiger partial charge on any atom is 0.134 e. The van der Waals surface area contributed by atoms with Gasteiger partial charge in [0.15, 0.2) is 0 Å². The van der Waals surface area contributed by atoms with Crippen molar-refractivity contribution in [3.05, 3.63) is 48.3 Å². The number of benzene rings is 1. The summed E-state index contributed by atoms with van der Waals surface area (Å²) in [5, 5.41) is 10.1. The van der Waals surface area contributed by atoms with Crippen molar-refractivity contribution < 1.29 is 5.11 Å². The van der Waals surface area contributed by atoms with Crippen molar-refractivity contribution in [2.75, 3.05) is 30.3 Å². The van der Waals surface area contributed by atoms with Crippen molar-refractivity contribution in [3.63, 3.8) is 0 Å². The van der Waals surface area contributed by atoms with Gasteiger partial charge >= 0.3 is 0 Å². The van der Waals surface area contributed by atoms with Gasteiger partial charge in [-0.2, -0.15) is 0 Å². The first-order valence-electron chi connectivity index (χ1n) is 8.68. The molecule has 1 saturated heterocycles. The fourth-order valence-corrected chi connectivity index (χ4v) is 3.66. The van der Waals surface area contributed by atoms with E-state index in [9.17, 15) is 5.11 Å². The molecule has 0 bridgehead atoms. The lowest BCUT2D eigenvalue weighted by Crippen LogP contribution is -2.46. The van der Waals surface area contributed by atoms with E-state index in [2.05, 4.69) is 39.1 Å². The number of nitrogens with zero attached hydrogens (tertiary/aromatic N) is 3. The Labute approximate surface area is 143 Å². The van der Waals surface area contributed by atoms with E-state index in [1.165, 1.54) is 11.9 Å². The second-order valence-corrected chi connectivity index (χ2v) is 6.82. The predicted octanol–water partition coefficient (Wildman–Crippen LogP) is 2.66. The average Bonchev–Trinajstić information content (AvgIpc) is 2.63. The molecule has 0 aliphatic carbocycles. The van der Waals surface area contributed by atoms with Gasteiger partial charge < -0.3 is 15.7 Å². The molecule has 2 aromatic rings. The molecular weight excluding hydrogens is 300 g/mol. The van der Waals surface area contributed by atoms with Crippen LogP contribution in [0, 0.1) is 5.41 Å². The Kier molecular flexibility index (Phi) is 5.30. The molecule has 1 aliphatic heterocycles. The lowest BCUT2D eigenvalue weighted by atomic mass is 9.76. The fourth-order valence-electron chi connectivity index (χ4n) is 3.66. The first-order valence-corrected chi connectivity index (χ1v) is 8.68. The van der Waals surface area contributed by atoms with Crippen molar-refractivity contribution in [1.82, 2.24) is 9.97 Å². The quantitative estimate of drug-likeness (QED) is 0.853. The number of piperidine rings is 1. The minimum Gasteiger partial charge on any atom is -0.396 e. The Morgan fingerprint density at radius 1 is 1.21 bits per heavy atom. The summed E-state index contributed by atoms with van der Waals surface area (Å²) in [5.74, 6) is 1.35. The minimum atomic E-state index is -0.0489. The van der Waals surface area contributed by atoms with Crippen LogP contribution in [0.15, 0.2) is 42.7 Å². The Morgan fingerprint density at radius 2 is 2.04 bits per heavy atom. The number of hydrogen-bond acceptors (Lipinski definition) is 5. The molecule has 5 heteroatoms. The minimum absolute atomic E-state index is 0.0489. The molecule has 1 aromatic heterocycles. The van der Waals surface area contributed by atoms with Crippen LogP contribution in [0.3, 0.4) is 0 Å². The molecule has 0 radical (unpaired) electrons. The molecule has 1 aliphatic rings. The molecule has 24 heavy (non-hydrogen) atoms. The van der Waals surface area contributed by atoms with E-state index in [-0.39, 0.29) is 12.0 Å². The summed E-state index contributed by atoms with van der Waals surface area (Å²) in [6.07, 6.45) is 6.81. The van der Waals surface area contributed by atoms with Crippen LogP contribution >= 0.6 is 0 Å². The molecular formula is C19H26N4O. The number of anilines is 2. The summed E-state index contributed by atoms with van der Waals surface area (Å²) in [4.78, 5) is 10.5. The normalized spacial score (nSPS) is 21.0. The Morgan fingerprint density at radius 3 is 2.79 bits per heavy atom. The highest BCUT2D eigenvalue weighted by Gasteiger charge is 2.35. The van der Waals surface area contributed by atoms with Crippen LogP contribution < -0.4 is 10.6 Å². The van der Waals surface area contributed by atoms with Crippen LogP contribution in [-0.2, 0) is 6.42 Å². The van der Waals surface area contributed by atoms with Crippen molar-refractivity contribution in [2.45, 2.75) is 32.1 Å². The third-order valence-corrected chi connectivity index (χ3v) is 5.01. The van der Waals surface area contributed by atoms with E-state index in [0.29, 0.717) is 5.82 Å². The van der Waals surface area contributed by atoms with Gasteiger partial charge in [-0.3, -0.25) is 0 Å². The second-order valence-electron chi connectivity index (χ2n) is 6.82. The summed E-state index contributed by atoms with van der Waals surface area (Å²) < 4.78 is 0. The van der Waals surface area contributed by atoms with Gasteiger partial charge in [-0.1, -0.05) is 30.3 Å². The van der Waals surface area contributed by atoms with Crippen molar-refractivity contribution >= 4 is 11.6 Å². The summed E-state index contributed by atoms with van der Waals surface area (Å²) in [6, 6.07) is 12.4. The number of nitrogens with two attached hydrogens (primary N) is 1. The number of aliphatic hydroxyl groups is 1. The van der Waals surface area contributed by atoms with E-state index >= 15 is 0 Å². The Bertz CT molecular complexity index is 649. The van der Waals surface area contributed by atoms with Gasteiger partial charge in [0, 0.05) is 24.6 Å². The molecule has 1 aromatic carbocycles. The van der Waals surface area contributed by atoms with Crippen molar-refractivity contribution in [3.8, 4) is 0 Å². The van der Waals surface area contributed by atoms with Gasteiger partial charge in [-0.25, -0.2) is 9.97 Å². The van der Waals surface area contributed by atoms with Gasteiger partial charge in [0.25, 0.3) is 0 Å². The van der Waals surface area contributed by atoms with Crippen LogP contribution in [0.5, 0.6) is 0 Å². The summed E-state index contributed by atoms with van der Waals surface area (Å²) in [7, 11) is 0. The molecule has 0 unspecified atom stereocenters. The third-order valence-electron chi connectivity index (χ3n) is 5.01. The standard InChI is InChI=1S/C19H26N4O/c20-17-12-18(22-15-21-17)23-11-5-10-19(13-23,14-24)9-4-8-16-6-2-1-3-7-16/h1-3,6-7,12,15,24H,4-5,8-11,13-14H2,(H2,20,21,22)/t19-/m1/s1. The maximum atomic E-state index is 10.1. The molecule has 1 atom stereocenters. The third kappa shape index (κ3) is 4.03.